The molecular weight excluding hydrogens is 655 g/mol. The lowest BCUT2D eigenvalue weighted by Gasteiger charge is -2.33. The highest BCUT2D eigenvalue weighted by Crippen LogP contribution is 2.38. The normalized spacial score (nSPS) is 15.1. The molecule has 0 bridgehead atoms. The number of likely N-dealkylation sites (N-methyl/N-ethyl adjacent to an activating group) is 1. The summed E-state index contributed by atoms with van der Waals surface area (Å²) in [5.74, 6) is -1.37. The Morgan fingerprint density at radius 3 is 2.15 bits per heavy atom. The van der Waals surface area contributed by atoms with Crippen molar-refractivity contribution in [3.8, 4) is 0 Å². The van der Waals surface area contributed by atoms with E-state index >= 15 is 0 Å². The van der Waals surface area contributed by atoms with Gasteiger partial charge in [0.05, 0.1) is 44.5 Å². The van der Waals surface area contributed by atoms with Crippen molar-refractivity contribution in [2.24, 2.45) is 11.5 Å². The molecule has 0 aliphatic carbocycles. The van der Waals surface area contributed by atoms with Crippen molar-refractivity contribution < 1.29 is 32.2 Å². The number of ether oxygens (including phenoxy) is 3. The summed E-state index contributed by atoms with van der Waals surface area (Å²) in [5, 5.41) is 1.15. The Labute approximate surface area is 279 Å². The Balaban J connectivity index is 1.15. The fourth-order valence-electron chi connectivity index (χ4n) is 5.39. The molecule has 0 saturated heterocycles. The number of nitrogens with one attached hydrogen (secondary N) is 1. The molecule has 11 nitrogen and oxygen atoms in total. The molecule has 3 aromatic carbocycles. The number of nitrogens with two attached hydrogens (primary N) is 2. The molecule has 1 atom stereocenters. The molecule has 0 spiro atoms. The van der Waals surface area contributed by atoms with Gasteiger partial charge in [-0.1, -0.05) is 41.4 Å². The molecule has 1 aliphatic heterocycles. The molecule has 46 heavy (non-hydrogen) atoms. The summed E-state index contributed by atoms with van der Waals surface area (Å²) in [6, 6.07) is 15.2. The van der Waals surface area contributed by atoms with E-state index in [2.05, 4.69) is 9.62 Å². The molecule has 2 amide bonds. The van der Waals surface area contributed by atoms with E-state index < -0.39 is 21.8 Å². The number of benzene rings is 3. The first-order valence-electron chi connectivity index (χ1n) is 14.7. The summed E-state index contributed by atoms with van der Waals surface area (Å²) in [4.78, 5) is 25.7. The second-order valence-corrected chi connectivity index (χ2v) is 13.4. The molecular formula is C32H38Cl2N4O7S. The van der Waals surface area contributed by atoms with Crippen LogP contribution in [0, 0.1) is 0 Å². The third-order valence-electron chi connectivity index (χ3n) is 7.55. The van der Waals surface area contributed by atoms with Gasteiger partial charge in [-0.2, -0.15) is 0 Å². The van der Waals surface area contributed by atoms with Gasteiger partial charge in [-0.05, 0) is 72.1 Å². The largest absolute Gasteiger partial charge is 0.379 e. The lowest BCUT2D eigenvalue weighted by Crippen LogP contribution is -2.31. The van der Waals surface area contributed by atoms with Gasteiger partial charge >= 0.3 is 0 Å². The standard InChI is InChI=1S/C32H38Cl2N4O7S/c1-38-19-28(27-17-22(33)18-30(34)29(27)20-38)21-4-2-5-23(16-21)46(41,42)37-9-11-44-13-15-45-14-12-43-10-8-24-25(31(35)39)6-3-7-26(24)32(36)40/h2-7,16-18,28,37H,8-15,19-20H2,1H3,(H2,35,39)(H2,36,40). The first-order chi connectivity index (χ1) is 22.0. The van der Waals surface area contributed by atoms with E-state index in [1.165, 1.54) is 0 Å². The molecule has 14 heteroatoms. The number of hydrogen-bond acceptors (Lipinski definition) is 8. The van der Waals surface area contributed by atoms with E-state index in [1.807, 2.05) is 19.2 Å². The number of sulfonamides is 1. The van der Waals surface area contributed by atoms with Crippen LogP contribution in [-0.2, 0) is 37.2 Å². The maximum Gasteiger partial charge on any atom is 0.249 e. The minimum atomic E-state index is -3.77. The van der Waals surface area contributed by atoms with E-state index in [1.54, 1.807) is 42.5 Å². The van der Waals surface area contributed by atoms with Crippen LogP contribution in [0.3, 0.4) is 0 Å². The van der Waals surface area contributed by atoms with Gasteiger partial charge in [-0.3, -0.25) is 9.59 Å². The fourth-order valence-corrected chi connectivity index (χ4v) is 7.03. The van der Waals surface area contributed by atoms with Gasteiger partial charge in [0.2, 0.25) is 21.8 Å². The number of nitrogens with zero attached hydrogens (tertiary/aromatic N) is 1. The molecule has 0 radical (unpaired) electrons. The average molecular weight is 694 g/mol. The predicted molar refractivity (Wildman–Crippen MR) is 176 cm³/mol. The summed E-state index contributed by atoms with van der Waals surface area (Å²) >= 11 is 12.8. The van der Waals surface area contributed by atoms with E-state index in [9.17, 15) is 18.0 Å². The number of carbonyl (C=O) groups is 2. The Morgan fingerprint density at radius 2 is 1.50 bits per heavy atom. The number of hydrogen-bond donors (Lipinski definition) is 3. The number of amides is 2. The summed E-state index contributed by atoms with van der Waals surface area (Å²) in [7, 11) is -1.77. The Kier molecular flexibility index (Phi) is 13.0. The molecule has 0 saturated carbocycles. The lowest BCUT2D eigenvalue weighted by atomic mass is 9.85. The molecule has 4 rings (SSSR count). The smallest absolute Gasteiger partial charge is 0.249 e. The van der Waals surface area contributed by atoms with Crippen molar-refractivity contribution in [3.63, 3.8) is 0 Å². The first-order valence-corrected chi connectivity index (χ1v) is 16.9. The third-order valence-corrected chi connectivity index (χ3v) is 9.56. The van der Waals surface area contributed by atoms with Gasteiger partial charge in [0.1, 0.15) is 0 Å². The topological polar surface area (TPSA) is 163 Å². The van der Waals surface area contributed by atoms with Crippen LogP contribution in [-0.4, -0.2) is 84.9 Å². The van der Waals surface area contributed by atoms with Crippen molar-refractivity contribution >= 4 is 45.0 Å². The first kappa shape index (κ1) is 35.8. The van der Waals surface area contributed by atoms with Gasteiger partial charge < -0.3 is 30.6 Å². The minimum Gasteiger partial charge on any atom is -0.379 e. The number of primary amides is 2. The van der Waals surface area contributed by atoms with E-state index in [0.29, 0.717) is 41.9 Å². The lowest BCUT2D eigenvalue weighted by molar-refractivity contribution is 0.0162. The molecule has 0 fully saturated rings. The minimum absolute atomic E-state index is 0.0814. The highest BCUT2D eigenvalue weighted by Gasteiger charge is 2.28. The second kappa shape index (κ2) is 16.7. The van der Waals surface area contributed by atoms with Crippen LogP contribution in [0.15, 0.2) is 59.5 Å². The number of fused-ring (bicyclic) bond motifs is 1. The summed E-state index contributed by atoms with van der Waals surface area (Å²) in [5.41, 5.74) is 14.6. The molecule has 1 heterocycles. The maximum atomic E-state index is 13.0. The van der Waals surface area contributed by atoms with Crippen LogP contribution in [0.4, 0.5) is 0 Å². The summed E-state index contributed by atoms with van der Waals surface area (Å²) in [6.45, 7) is 3.03. The molecule has 0 aromatic heterocycles. The van der Waals surface area contributed by atoms with E-state index in [0.717, 1.165) is 16.7 Å². The monoisotopic (exact) mass is 692 g/mol. The van der Waals surface area contributed by atoms with Gasteiger partial charge in [-0.15, -0.1) is 0 Å². The number of halogens is 2. The highest BCUT2D eigenvalue weighted by atomic mass is 35.5. The molecule has 1 unspecified atom stereocenters. The van der Waals surface area contributed by atoms with Crippen LogP contribution in [0.25, 0.3) is 0 Å². The highest BCUT2D eigenvalue weighted by molar-refractivity contribution is 7.89. The molecule has 5 N–H and O–H groups in total. The second-order valence-electron chi connectivity index (χ2n) is 10.8. The summed E-state index contributed by atoms with van der Waals surface area (Å²) in [6.07, 6.45) is 0.288. The Bertz CT molecular complexity index is 1620. The van der Waals surface area contributed by atoms with Crippen LogP contribution < -0.4 is 16.2 Å². The van der Waals surface area contributed by atoms with Crippen molar-refractivity contribution in [2.75, 3.05) is 59.8 Å². The van der Waals surface area contributed by atoms with E-state index in [4.69, 9.17) is 48.9 Å². The Morgan fingerprint density at radius 1 is 0.891 bits per heavy atom. The van der Waals surface area contributed by atoms with Crippen molar-refractivity contribution in [1.29, 1.82) is 0 Å². The van der Waals surface area contributed by atoms with Crippen molar-refractivity contribution in [2.45, 2.75) is 23.8 Å². The van der Waals surface area contributed by atoms with Gasteiger partial charge in [0, 0.05) is 46.7 Å². The van der Waals surface area contributed by atoms with Gasteiger partial charge in [0.15, 0.2) is 0 Å². The van der Waals surface area contributed by atoms with E-state index in [-0.39, 0.29) is 61.3 Å². The zero-order valence-corrected chi connectivity index (χ0v) is 27.8. The van der Waals surface area contributed by atoms with Crippen LogP contribution in [0.2, 0.25) is 10.0 Å². The zero-order valence-electron chi connectivity index (χ0n) is 25.5. The van der Waals surface area contributed by atoms with Crippen LogP contribution in [0.5, 0.6) is 0 Å². The zero-order chi connectivity index (χ0) is 33.3. The number of rotatable bonds is 17. The SMILES string of the molecule is CN1Cc2c(Cl)cc(Cl)cc2C(c2cccc(S(=O)(=O)NCCOCCOCCOCCc3c(C(N)=O)cccc3C(N)=O)c2)C1. The fraction of sp³-hybridized carbons (Fsp3) is 0.375. The van der Waals surface area contributed by atoms with Gasteiger partial charge in [0.25, 0.3) is 0 Å². The maximum absolute atomic E-state index is 13.0. The molecule has 1 aliphatic rings. The molecule has 248 valence electrons. The van der Waals surface area contributed by atoms with Crippen molar-refractivity contribution in [3.05, 3.63) is 98.0 Å². The number of carbonyl (C=O) groups excluding carboxylic acids is 2. The van der Waals surface area contributed by atoms with Crippen molar-refractivity contribution in [1.82, 2.24) is 9.62 Å². The van der Waals surface area contributed by atoms with Crippen LogP contribution >= 0.6 is 23.2 Å². The molecule has 3 aromatic rings. The quantitative estimate of drug-likeness (QED) is 0.181. The predicted octanol–water partition coefficient (Wildman–Crippen LogP) is 3.34. The Hall–Kier alpha value is -3.07. The third kappa shape index (κ3) is 9.49. The van der Waals surface area contributed by atoms with Gasteiger partial charge in [-0.25, -0.2) is 13.1 Å². The van der Waals surface area contributed by atoms with Crippen LogP contribution in [0.1, 0.15) is 48.9 Å². The average Bonchev–Trinajstić information content (AvgIpc) is 3.01. The summed E-state index contributed by atoms with van der Waals surface area (Å²) < 4.78 is 45.2.